The number of halogens is 6. The van der Waals surface area contributed by atoms with Gasteiger partial charge in [-0.2, -0.15) is 26.3 Å². The Kier molecular flexibility index (Phi) is 12.8. The summed E-state index contributed by atoms with van der Waals surface area (Å²) < 4.78 is 88.0. The Labute approximate surface area is 173 Å². The molecule has 0 atom stereocenters. The first-order valence-corrected chi connectivity index (χ1v) is 9.61. The number of carbonyl (C=O) groups is 2. The lowest BCUT2D eigenvalue weighted by molar-refractivity contribution is -0.155. The van der Waals surface area contributed by atoms with Crippen molar-refractivity contribution in [1.82, 2.24) is 0 Å². The number of hydrogen-bond acceptors (Lipinski definition) is 10. The van der Waals surface area contributed by atoms with Gasteiger partial charge in [0.05, 0.1) is 11.5 Å². The number of rotatable bonds is 9. The first-order chi connectivity index (χ1) is 12.8. The average Bonchev–Trinajstić information content (AvgIpc) is 2.57. The van der Waals surface area contributed by atoms with Gasteiger partial charge in [0.2, 0.25) is 8.77 Å². The van der Waals surface area contributed by atoms with Crippen molar-refractivity contribution in [3.8, 4) is 0 Å². The van der Waals surface area contributed by atoms with Gasteiger partial charge in [-0.3, -0.25) is 9.59 Å². The number of hydrogen-bond donors (Lipinski definition) is 0. The third-order valence-electron chi connectivity index (χ3n) is 1.93. The predicted octanol–water partition coefficient (Wildman–Crippen LogP) is 3.27. The zero-order valence-electron chi connectivity index (χ0n) is 13.6. The largest absolute Gasteiger partial charge is 0.469 e. The lowest BCUT2D eigenvalue weighted by atomic mass is 10.7. The van der Waals surface area contributed by atoms with E-state index in [0.717, 1.165) is 0 Å². The highest BCUT2D eigenvalue weighted by molar-refractivity contribution is 8.23. The maximum Gasteiger partial charge on any atom is 0.422 e. The maximum absolute atomic E-state index is 11.9. The summed E-state index contributed by atoms with van der Waals surface area (Å²) in [4.78, 5) is 22.6. The van der Waals surface area contributed by atoms with Gasteiger partial charge < -0.3 is 18.9 Å². The van der Waals surface area contributed by atoms with Gasteiger partial charge >= 0.3 is 24.3 Å². The highest BCUT2D eigenvalue weighted by Gasteiger charge is 2.29. The molecule has 162 valence electrons. The number of carbonyl (C=O) groups excluding carboxylic acids is 2. The molecule has 0 spiro atoms. The van der Waals surface area contributed by atoms with Crippen molar-refractivity contribution in [1.29, 1.82) is 0 Å². The van der Waals surface area contributed by atoms with Gasteiger partial charge in [-0.15, -0.1) is 0 Å². The van der Waals surface area contributed by atoms with Crippen molar-refractivity contribution < 1.29 is 54.9 Å². The van der Waals surface area contributed by atoms with E-state index in [1.165, 1.54) is 0 Å². The van der Waals surface area contributed by atoms with Gasteiger partial charge in [0.1, 0.15) is 13.2 Å². The number of thiocarbonyl (C=S) groups is 2. The summed E-state index contributed by atoms with van der Waals surface area (Å²) in [6.07, 6.45) is -9.11. The minimum atomic E-state index is -4.55. The molecule has 0 amide bonds. The van der Waals surface area contributed by atoms with Crippen molar-refractivity contribution in [3.05, 3.63) is 0 Å². The Morgan fingerprint density at radius 3 is 1.29 bits per heavy atom. The van der Waals surface area contributed by atoms with Crippen molar-refractivity contribution in [2.75, 3.05) is 37.9 Å². The zero-order valence-corrected chi connectivity index (χ0v) is 16.9. The van der Waals surface area contributed by atoms with Crippen LogP contribution in [-0.2, 0) is 28.5 Å². The summed E-state index contributed by atoms with van der Waals surface area (Å²) in [5, 5.41) is 0. The summed E-state index contributed by atoms with van der Waals surface area (Å²) in [5.41, 5.74) is 0. The molecule has 0 aromatic rings. The third kappa shape index (κ3) is 18.4. The summed E-state index contributed by atoms with van der Waals surface area (Å²) in [5.74, 6) is -2.50. The second-order valence-corrected chi connectivity index (χ2v) is 7.48. The number of thioether (sulfide) groups is 2. The minimum absolute atomic E-state index is 0.346. The van der Waals surface area contributed by atoms with E-state index >= 15 is 0 Å². The van der Waals surface area contributed by atoms with Crippen LogP contribution in [0.1, 0.15) is 0 Å². The quantitative estimate of drug-likeness (QED) is 0.206. The van der Waals surface area contributed by atoms with Crippen LogP contribution in [0, 0.1) is 0 Å². The highest BCUT2D eigenvalue weighted by atomic mass is 32.2. The van der Waals surface area contributed by atoms with Gasteiger partial charge in [0.25, 0.3) is 0 Å². The fourth-order valence-electron chi connectivity index (χ4n) is 0.995. The Morgan fingerprint density at radius 1 is 0.679 bits per heavy atom. The minimum Gasteiger partial charge on any atom is -0.469 e. The van der Waals surface area contributed by atoms with Crippen molar-refractivity contribution in [2.45, 2.75) is 12.4 Å². The van der Waals surface area contributed by atoms with Gasteiger partial charge in [0, 0.05) is 0 Å². The van der Waals surface area contributed by atoms with Crippen LogP contribution in [0.5, 0.6) is 0 Å². The van der Waals surface area contributed by atoms with E-state index in [-0.39, 0.29) is 13.2 Å². The van der Waals surface area contributed by atoms with Gasteiger partial charge in [-0.25, -0.2) is 0 Å². The molecule has 0 aliphatic heterocycles. The molecule has 0 rings (SSSR count). The average molecular weight is 494 g/mol. The van der Waals surface area contributed by atoms with Crippen LogP contribution in [0.3, 0.4) is 0 Å². The summed E-state index contributed by atoms with van der Waals surface area (Å²) in [6.45, 7) is -3.85. The molecule has 0 aliphatic carbocycles. The van der Waals surface area contributed by atoms with E-state index < -0.39 is 57.8 Å². The number of ether oxygens (including phenoxy) is 4. The Bertz CT molecular complexity index is 506. The summed E-state index contributed by atoms with van der Waals surface area (Å²) >= 11 is 10.00. The number of alkyl halides is 6. The van der Waals surface area contributed by atoms with Crippen LogP contribution < -0.4 is 0 Å². The molecule has 6 nitrogen and oxygen atoms in total. The first-order valence-electron chi connectivity index (χ1n) is 6.82. The summed E-state index contributed by atoms with van der Waals surface area (Å²) in [7, 11) is 0. The second-order valence-electron chi connectivity index (χ2n) is 4.33. The van der Waals surface area contributed by atoms with Crippen molar-refractivity contribution in [3.63, 3.8) is 0 Å². The van der Waals surface area contributed by atoms with E-state index in [2.05, 4.69) is 43.4 Å². The van der Waals surface area contributed by atoms with Crippen LogP contribution in [0.4, 0.5) is 26.3 Å². The van der Waals surface area contributed by atoms with E-state index in [0.29, 0.717) is 23.5 Å². The van der Waals surface area contributed by atoms with E-state index in [1.54, 1.807) is 0 Å². The zero-order chi connectivity index (χ0) is 21.8. The normalized spacial score (nSPS) is 11.5. The molecule has 0 aromatic carbocycles. The second kappa shape index (κ2) is 13.3. The molecule has 0 fully saturated rings. The van der Waals surface area contributed by atoms with Crippen LogP contribution in [-0.4, -0.2) is 71.0 Å². The lowest BCUT2D eigenvalue weighted by Gasteiger charge is -2.10. The number of esters is 2. The van der Waals surface area contributed by atoms with E-state index in [1.807, 2.05) is 0 Å². The molecule has 0 aliphatic rings. The Hall–Kier alpha value is -1.00. The standard InChI is InChI=1S/C12H12F6O6S4/c13-11(14,15)5-23-9(25)27-3-7(19)21-1-2-22-8(20)4-28-10(26)24-6-12(16,17)18/h1-6H2. The monoisotopic (exact) mass is 494 g/mol. The molecule has 0 bridgehead atoms. The fourth-order valence-corrected chi connectivity index (χ4v) is 2.39. The van der Waals surface area contributed by atoms with Crippen molar-refractivity contribution in [2.24, 2.45) is 0 Å². The lowest BCUT2D eigenvalue weighted by Crippen LogP contribution is -2.20. The molecule has 0 radical (unpaired) electrons. The van der Waals surface area contributed by atoms with E-state index in [4.69, 9.17) is 0 Å². The molecule has 28 heavy (non-hydrogen) atoms. The molecule has 0 unspecified atom stereocenters. The van der Waals surface area contributed by atoms with Crippen molar-refractivity contribution >= 4 is 68.7 Å². The van der Waals surface area contributed by atoms with Crippen LogP contribution >= 0.6 is 48.0 Å². The molecule has 0 saturated heterocycles. The SMILES string of the molecule is O=C(CSC(=S)OCC(F)(F)F)OCCOC(=O)CSC(=S)OCC(F)(F)F. The maximum atomic E-state index is 11.9. The van der Waals surface area contributed by atoms with Gasteiger partial charge in [0.15, 0.2) is 13.2 Å². The summed E-state index contributed by atoms with van der Waals surface area (Å²) in [6, 6.07) is 0. The van der Waals surface area contributed by atoms with Crippen LogP contribution in [0.15, 0.2) is 0 Å². The molecular weight excluding hydrogens is 482 g/mol. The Balaban J connectivity index is 3.75. The molecule has 0 heterocycles. The molecule has 0 saturated carbocycles. The topological polar surface area (TPSA) is 71.1 Å². The molecule has 0 N–H and O–H groups in total. The first kappa shape index (κ1) is 27.0. The smallest absolute Gasteiger partial charge is 0.422 e. The highest BCUT2D eigenvalue weighted by Crippen LogP contribution is 2.18. The fraction of sp³-hybridized carbons (Fsp3) is 0.667. The molecular formula is C12H12F6O6S4. The van der Waals surface area contributed by atoms with Crippen LogP contribution in [0.2, 0.25) is 0 Å². The molecule has 0 aromatic heterocycles. The predicted molar refractivity (Wildman–Crippen MR) is 96.0 cm³/mol. The van der Waals surface area contributed by atoms with E-state index in [9.17, 15) is 35.9 Å². The third-order valence-corrected chi connectivity index (χ3v) is 4.34. The van der Waals surface area contributed by atoms with Gasteiger partial charge in [-0.1, -0.05) is 23.5 Å². The van der Waals surface area contributed by atoms with Gasteiger partial charge in [-0.05, 0) is 24.4 Å². The van der Waals surface area contributed by atoms with Crippen LogP contribution in [0.25, 0.3) is 0 Å². The molecule has 16 heteroatoms. The Morgan fingerprint density at radius 2 is 1.00 bits per heavy atom.